The summed E-state index contributed by atoms with van der Waals surface area (Å²) in [5, 5.41) is 0. The Kier molecular flexibility index (Phi) is 12.7. The molecule has 3 nitrogen and oxygen atoms in total. The maximum atomic E-state index is 11.6. The number of aryl methyl sites for hydroxylation is 1. The summed E-state index contributed by atoms with van der Waals surface area (Å²) in [5.74, 6) is 0. The molecule has 0 fully saturated rings. The van der Waals surface area contributed by atoms with Gasteiger partial charge in [0.25, 0.3) is 10.1 Å². The minimum absolute atomic E-state index is 0.0882. The van der Waals surface area contributed by atoms with Gasteiger partial charge in [0.1, 0.15) is 0 Å². The summed E-state index contributed by atoms with van der Waals surface area (Å²) < 4.78 is 32.7. The van der Waals surface area contributed by atoms with E-state index in [9.17, 15) is 13.0 Å². The summed E-state index contributed by atoms with van der Waals surface area (Å²) in [6.07, 6.45) is 19.1. The fraction of sp³-hybridized carbons (Fsp3) is 0.750. The maximum absolute atomic E-state index is 11.6. The fourth-order valence-corrected chi connectivity index (χ4v) is 4.70. The summed E-state index contributed by atoms with van der Waals surface area (Å²) >= 11 is 0. The van der Waals surface area contributed by atoms with Crippen LogP contribution >= 0.6 is 0 Å². The molecule has 0 radical (unpaired) electrons. The lowest BCUT2D eigenvalue weighted by molar-refractivity contribution is 0.481. The Balaban J connectivity index is 2.13. The van der Waals surface area contributed by atoms with Crippen LogP contribution in [0.3, 0.4) is 0 Å². The van der Waals surface area contributed by atoms with Crippen LogP contribution in [-0.4, -0.2) is 13.0 Å². The molecule has 0 bridgehead atoms. The molecule has 0 aliphatic carbocycles. The molecule has 1 N–H and O–H groups in total. The lowest BCUT2D eigenvalue weighted by Crippen LogP contribution is -2.06. The molecule has 0 aliphatic heterocycles. The Hall–Kier alpha value is -0.870. The third kappa shape index (κ3) is 10.1. The average Bonchev–Trinajstić information content (AvgIpc) is 2.64. The molecule has 0 atom stereocenters. The van der Waals surface area contributed by atoms with E-state index in [1.54, 1.807) is 6.07 Å². The van der Waals surface area contributed by atoms with Crippen molar-refractivity contribution in [2.75, 3.05) is 0 Å². The highest BCUT2D eigenvalue weighted by Crippen LogP contribution is 2.24. The van der Waals surface area contributed by atoms with Gasteiger partial charge in [-0.25, -0.2) is 0 Å². The van der Waals surface area contributed by atoms with Gasteiger partial charge in [-0.3, -0.25) is 4.55 Å². The summed E-state index contributed by atoms with van der Waals surface area (Å²) in [7, 11) is -4.14. The minimum atomic E-state index is -4.14. The fourth-order valence-electron chi connectivity index (χ4n) is 3.90. The van der Waals surface area contributed by atoms with Crippen LogP contribution in [0, 0.1) is 13.8 Å². The highest BCUT2D eigenvalue weighted by Gasteiger charge is 2.17. The predicted octanol–water partition coefficient (Wildman–Crippen LogP) is 7.57. The van der Waals surface area contributed by atoms with Gasteiger partial charge in [0.2, 0.25) is 0 Å². The predicted molar refractivity (Wildman–Crippen MR) is 120 cm³/mol. The van der Waals surface area contributed by atoms with E-state index in [-0.39, 0.29) is 4.90 Å². The van der Waals surface area contributed by atoms with Crippen molar-refractivity contribution in [2.24, 2.45) is 0 Å². The van der Waals surface area contributed by atoms with Crippen LogP contribution in [0.5, 0.6) is 0 Å². The monoisotopic (exact) mass is 410 g/mol. The van der Waals surface area contributed by atoms with E-state index in [0.717, 1.165) is 36.0 Å². The van der Waals surface area contributed by atoms with Gasteiger partial charge in [-0.15, -0.1) is 0 Å². The van der Waals surface area contributed by atoms with Gasteiger partial charge in [0.05, 0.1) is 4.90 Å². The second-order valence-electron chi connectivity index (χ2n) is 8.31. The second kappa shape index (κ2) is 14.2. The van der Waals surface area contributed by atoms with Gasteiger partial charge < -0.3 is 0 Å². The zero-order chi connectivity index (χ0) is 20.8. The van der Waals surface area contributed by atoms with Crippen molar-refractivity contribution in [1.82, 2.24) is 0 Å². The summed E-state index contributed by atoms with van der Waals surface area (Å²) in [6.45, 7) is 6.20. The van der Waals surface area contributed by atoms with Gasteiger partial charge in [-0.05, 0) is 49.4 Å². The highest BCUT2D eigenvalue weighted by molar-refractivity contribution is 7.85. The van der Waals surface area contributed by atoms with Gasteiger partial charge in [-0.1, -0.05) is 96.5 Å². The summed E-state index contributed by atoms with van der Waals surface area (Å²) in [6, 6.07) is 3.31. The molecule has 0 aromatic heterocycles. The second-order valence-corrected chi connectivity index (χ2v) is 9.70. The van der Waals surface area contributed by atoms with Crippen LogP contribution in [0.1, 0.15) is 114 Å². The Morgan fingerprint density at radius 2 is 1.14 bits per heavy atom. The molecule has 1 aromatic rings. The van der Waals surface area contributed by atoms with Gasteiger partial charge in [0.15, 0.2) is 0 Å². The zero-order valence-electron chi connectivity index (χ0n) is 18.4. The van der Waals surface area contributed by atoms with E-state index in [0.29, 0.717) is 0 Å². The first-order valence-corrected chi connectivity index (χ1v) is 12.9. The quantitative estimate of drug-likeness (QED) is 0.226. The van der Waals surface area contributed by atoms with Crippen LogP contribution in [-0.2, 0) is 16.5 Å². The lowest BCUT2D eigenvalue weighted by atomic mass is 9.97. The van der Waals surface area contributed by atoms with E-state index in [1.807, 2.05) is 13.8 Å². The topological polar surface area (TPSA) is 54.4 Å². The van der Waals surface area contributed by atoms with Gasteiger partial charge in [-0.2, -0.15) is 8.42 Å². The number of hydrogen-bond acceptors (Lipinski definition) is 2. The van der Waals surface area contributed by atoms with E-state index in [1.165, 1.54) is 83.1 Å². The van der Waals surface area contributed by atoms with E-state index in [2.05, 4.69) is 6.92 Å². The average molecular weight is 411 g/mol. The van der Waals surface area contributed by atoms with Crippen LogP contribution in [0.15, 0.2) is 17.0 Å². The molecule has 0 spiro atoms. The number of benzene rings is 1. The van der Waals surface area contributed by atoms with E-state index in [4.69, 9.17) is 0 Å². The summed E-state index contributed by atoms with van der Waals surface area (Å²) in [4.78, 5) is 0.0882. The highest BCUT2D eigenvalue weighted by atomic mass is 32.2. The van der Waals surface area contributed by atoms with Gasteiger partial charge >= 0.3 is 0 Å². The van der Waals surface area contributed by atoms with E-state index >= 15 is 0 Å². The molecule has 0 aliphatic rings. The third-order valence-electron chi connectivity index (χ3n) is 5.88. The first-order chi connectivity index (χ1) is 13.4. The third-order valence-corrected chi connectivity index (χ3v) is 6.82. The SMILES string of the molecule is CCCCCCCCCCCCCCCCc1c(S(=O)(=O)O)ccc(C)c1C. The molecule has 162 valence electrons. The van der Waals surface area contributed by atoms with Crippen LogP contribution in [0.4, 0.5) is 0 Å². The van der Waals surface area contributed by atoms with Crippen LogP contribution < -0.4 is 0 Å². The molecule has 0 unspecified atom stereocenters. The normalized spacial score (nSPS) is 11.9. The molecule has 28 heavy (non-hydrogen) atoms. The van der Waals surface area contributed by atoms with Crippen molar-refractivity contribution < 1.29 is 13.0 Å². The van der Waals surface area contributed by atoms with E-state index < -0.39 is 10.1 Å². The molecule has 1 aromatic carbocycles. The Bertz CT molecular complexity index is 650. The van der Waals surface area contributed by atoms with Crippen molar-refractivity contribution >= 4 is 10.1 Å². The van der Waals surface area contributed by atoms with Crippen molar-refractivity contribution in [3.05, 3.63) is 28.8 Å². The van der Waals surface area contributed by atoms with Crippen molar-refractivity contribution in [2.45, 2.75) is 122 Å². The standard InChI is InChI=1S/C24H42O3S/c1-4-5-6-7-8-9-10-11-12-13-14-15-16-17-18-23-22(3)21(2)19-20-24(23)28(25,26)27/h19-20H,4-18H2,1-3H3,(H,25,26,27). The van der Waals surface area contributed by atoms with Crippen LogP contribution in [0.2, 0.25) is 0 Å². The smallest absolute Gasteiger partial charge is 0.282 e. The molecular formula is C24H42O3S. The number of hydrogen-bond donors (Lipinski definition) is 1. The number of rotatable bonds is 16. The first-order valence-electron chi connectivity index (χ1n) is 11.4. The van der Waals surface area contributed by atoms with Crippen LogP contribution in [0.25, 0.3) is 0 Å². The minimum Gasteiger partial charge on any atom is -0.282 e. The molecule has 0 amide bonds. The molecular weight excluding hydrogens is 368 g/mol. The molecule has 1 rings (SSSR count). The van der Waals surface area contributed by atoms with Gasteiger partial charge in [0, 0.05) is 0 Å². The van der Waals surface area contributed by atoms with Crippen molar-refractivity contribution in [3.63, 3.8) is 0 Å². The lowest BCUT2D eigenvalue weighted by Gasteiger charge is -2.13. The first kappa shape index (κ1) is 25.2. The van der Waals surface area contributed by atoms with Crippen molar-refractivity contribution in [1.29, 1.82) is 0 Å². The largest absolute Gasteiger partial charge is 0.294 e. The summed E-state index contributed by atoms with van der Waals surface area (Å²) in [5.41, 5.74) is 2.86. The Labute approximate surface area is 174 Å². The molecule has 0 heterocycles. The van der Waals surface area contributed by atoms with Crippen molar-refractivity contribution in [3.8, 4) is 0 Å². The molecule has 4 heteroatoms. The Morgan fingerprint density at radius 1 is 0.714 bits per heavy atom. The molecule has 0 saturated carbocycles. The zero-order valence-corrected chi connectivity index (χ0v) is 19.2. The number of unbranched alkanes of at least 4 members (excludes halogenated alkanes) is 13. The molecule has 0 saturated heterocycles. The Morgan fingerprint density at radius 3 is 1.57 bits per heavy atom. The maximum Gasteiger partial charge on any atom is 0.294 e.